The van der Waals surface area contributed by atoms with Crippen LogP contribution in [0.4, 0.5) is 4.79 Å². The Hall–Kier alpha value is -0.250. The van der Waals surface area contributed by atoms with Crippen LogP contribution in [-0.4, -0.2) is 23.6 Å². The van der Waals surface area contributed by atoms with Gasteiger partial charge in [-0.1, -0.05) is 35.2 Å². The molecule has 0 aromatic heterocycles. The van der Waals surface area contributed by atoms with Crippen LogP contribution >= 0.6 is 15.9 Å². The summed E-state index contributed by atoms with van der Waals surface area (Å²) in [6, 6.07) is 0. The molecule has 100 valence electrons. The van der Waals surface area contributed by atoms with Crippen molar-refractivity contribution in [1.29, 1.82) is 0 Å². The molecule has 0 bridgehead atoms. The lowest BCUT2D eigenvalue weighted by Crippen LogP contribution is -2.42. The highest BCUT2D eigenvalue weighted by atomic mass is 79.9. The lowest BCUT2D eigenvalue weighted by molar-refractivity contribution is 0.0493. The van der Waals surface area contributed by atoms with Crippen molar-refractivity contribution in [3.8, 4) is 0 Å². The average Bonchev–Trinajstić information content (AvgIpc) is 2.25. The molecule has 0 aliphatic heterocycles. The van der Waals surface area contributed by atoms with Gasteiger partial charge in [0.2, 0.25) is 0 Å². The first-order chi connectivity index (χ1) is 7.87. The second-order valence-corrected chi connectivity index (χ2v) is 6.61. The number of carbonyl (C=O) groups is 1. The molecule has 1 fully saturated rings. The fourth-order valence-electron chi connectivity index (χ4n) is 2.23. The van der Waals surface area contributed by atoms with Gasteiger partial charge < -0.3 is 10.1 Å². The number of hydrogen-bond donors (Lipinski definition) is 1. The molecule has 0 aromatic carbocycles. The van der Waals surface area contributed by atoms with Gasteiger partial charge in [0, 0.05) is 11.9 Å². The van der Waals surface area contributed by atoms with Crippen LogP contribution in [0.5, 0.6) is 0 Å². The van der Waals surface area contributed by atoms with E-state index in [-0.39, 0.29) is 11.5 Å². The molecule has 4 heteroatoms. The summed E-state index contributed by atoms with van der Waals surface area (Å²) in [6.07, 6.45) is 5.93. The van der Waals surface area contributed by atoms with Crippen molar-refractivity contribution >= 4 is 22.0 Å². The number of halogens is 1. The molecular weight excluding hydrogens is 282 g/mol. The Morgan fingerprint density at radius 1 is 1.29 bits per heavy atom. The van der Waals surface area contributed by atoms with Gasteiger partial charge in [0.25, 0.3) is 0 Å². The van der Waals surface area contributed by atoms with Gasteiger partial charge in [0.05, 0.1) is 0 Å². The average molecular weight is 306 g/mol. The van der Waals surface area contributed by atoms with Gasteiger partial charge in [-0.15, -0.1) is 0 Å². The summed E-state index contributed by atoms with van der Waals surface area (Å²) < 4.78 is 5.25. The third kappa shape index (κ3) is 5.28. The number of nitrogens with one attached hydrogen (secondary N) is 1. The molecule has 0 saturated heterocycles. The minimum atomic E-state index is -0.418. The van der Waals surface area contributed by atoms with Gasteiger partial charge in [-0.2, -0.15) is 0 Å². The summed E-state index contributed by atoms with van der Waals surface area (Å²) in [5.41, 5.74) is -0.187. The Labute approximate surface area is 113 Å². The molecule has 0 atom stereocenters. The SMILES string of the molecule is CC(C)(C)OC(=O)NCC1(CBr)CCCCC1. The van der Waals surface area contributed by atoms with Crippen molar-refractivity contribution < 1.29 is 9.53 Å². The topological polar surface area (TPSA) is 38.3 Å². The molecule has 0 spiro atoms. The highest BCUT2D eigenvalue weighted by Gasteiger charge is 2.31. The first-order valence-corrected chi connectivity index (χ1v) is 7.52. The number of hydrogen-bond acceptors (Lipinski definition) is 2. The van der Waals surface area contributed by atoms with Crippen molar-refractivity contribution in [3.63, 3.8) is 0 Å². The van der Waals surface area contributed by atoms with E-state index in [4.69, 9.17) is 4.74 Å². The molecule has 1 saturated carbocycles. The van der Waals surface area contributed by atoms with E-state index in [0.717, 1.165) is 5.33 Å². The zero-order valence-electron chi connectivity index (χ0n) is 11.1. The monoisotopic (exact) mass is 305 g/mol. The third-order valence-corrected chi connectivity index (χ3v) is 4.39. The fourth-order valence-corrected chi connectivity index (χ4v) is 2.99. The van der Waals surface area contributed by atoms with Gasteiger partial charge in [-0.05, 0) is 39.0 Å². The molecule has 1 aliphatic rings. The van der Waals surface area contributed by atoms with Crippen molar-refractivity contribution in [2.24, 2.45) is 5.41 Å². The molecule has 0 radical (unpaired) electrons. The number of alkyl carbamates (subject to hydrolysis) is 1. The van der Waals surface area contributed by atoms with E-state index < -0.39 is 5.60 Å². The maximum atomic E-state index is 11.6. The predicted molar refractivity (Wildman–Crippen MR) is 73.5 cm³/mol. The van der Waals surface area contributed by atoms with Crippen LogP contribution in [0.3, 0.4) is 0 Å². The second kappa shape index (κ2) is 6.07. The molecule has 1 rings (SSSR count). The van der Waals surface area contributed by atoms with E-state index in [2.05, 4.69) is 21.2 Å². The Kier molecular flexibility index (Phi) is 5.29. The zero-order valence-corrected chi connectivity index (χ0v) is 12.7. The van der Waals surface area contributed by atoms with E-state index in [1.807, 2.05) is 20.8 Å². The Balaban J connectivity index is 2.39. The molecule has 17 heavy (non-hydrogen) atoms. The van der Waals surface area contributed by atoms with Crippen molar-refractivity contribution in [2.45, 2.75) is 58.5 Å². The summed E-state index contributed by atoms with van der Waals surface area (Å²) in [4.78, 5) is 11.6. The zero-order chi connectivity index (χ0) is 12.9. The number of amides is 1. The summed E-state index contributed by atoms with van der Waals surface area (Å²) in [5.74, 6) is 0. The number of carbonyl (C=O) groups excluding carboxylic acids is 1. The molecular formula is C13H24BrNO2. The Bertz CT molecular complexity index is 255. The van der Waals surface area contributed by atoms with Crippen LogP contribution in [0.2, 0.25) is 0 Å². The van der Waals surface area contributed by atoms with Crippen LogP contribution in [-0.2, 0) is 4.74 Å². The van der Waals surface area contributed by atoms with Crippen LogP contribution < -0.4 is 5.32 Å². The van der Waals surface area contributed by atoms with Crippen molar-refractivity contribution in [2.75, 3.05) is 11.9 Å². The lowest BCUT2D eigenvalue weighted by Gasteiger charge is -2.36. The maximum absolute atomic E-state index is 11.6. The van der Waals surface area contributed by atoms with E-state index in [9.17, 15) is 4.79 Å². The second-order valence-electron chi connectivity index (χ2n) is 6.05. The van der Waals surface area contributed by atoms with E-state index >= 15 is 0 Å². The highest BCUT2D eigenvalue weighted by molar-refractivity contribution is 9.09. The van der Waals surface area contributed by atoms with Gasteiger partial charge in [-0.3, -0.25) is 0 Å². The number of rotatable bonds is 3. The largest absolute Gasteiger partial charge is 0.444 e. The van der Waals surface area contributed by atoms with Crippen molar-refractivity contribution in [1.82, 2.24) is 5.32 Å². The highest BCUT2D eigenvalue weighted by Crippen LogP contribution is 2.37. The smallest absolute Gasteiger partial charge is 0.407 e. The Morgan fingerprint density at radius 3 is 2.35 bits per heavy atom. The quantitative estimate of drug-likeness (QED) is 0.804. The molecule has 0 heterocycles. The van der Waals surface area contributed by atoms with E-state index in [1.165, 1.54) is 32.1 Å². The summed E-state index contributed by atoms with van der Waals surface area (Å²) in [7, 11) is 0. The molecule has 0 aromatic rings. The minimum absolute atomic E-state index is 0.231. The van der Waals surface area contributed by atoms with Gasteiger partial charge in [0.1, 0.15) is 5.60 Å². The maximum Gasteiger partial charge on any atom is 0.407 e. The summed E-state index contributed by atoms with van der Waals surface area (Å²) in [5, 5.41) is 3.86. The van der Waals surface area contributed by atoms with Crippen LogP contribution in [0.1, 0.15) is 52.9 Å². The molecule has 3 nitrogen and oxygen atoms in total. The van der Waals surface area contributed by atoms with Gasteiger partial charge in [-0.25, -0.2) is 4.79 Å². The van der Waals surface area contributed by atoms with Crippen LogP contribution in [0.25, 0.3) is 0 Å². The molecule has 1 N–H and O–H groups in total. The van der Waals surface area contributed by atoms with Crippen LogP contribution in [0, 0.1) is 5.41 Å². The Morgan fingerprint density at radius 2 is 1.88 bits per heavy atom. The first-order valence-electron chi connectivity index (χ1n) is 6.40. The van der Waals surface area contributed by atoms with Crippen LogP contribution in [0.15, 0.2) is 0 Å². The number of ether oxygens (including phenoxy) is 1. The summed E-state index contributed by atoms with van der Waals surface area (Å²) >= 11 is 3.59. The fraction of sp³-hybridized carbons (Fsp3) is 0.923. The molecule has 0 unspecified atom stereocenters. The first kappa shape index (κ1) is 14.8. The number of alkyl halides is 1. The molecule has 1 amide bonds. The minimum Gasteiger partial charge on any atom is -0.444 e. The normalized spacial score (nSPS) is 19.8. The van der Waals surface area contributed by atoms with Gasteiger partial charge in [0.15, 0.2) is 0 Å². The van der Waals surface area contributed by atoms with E-state index in [1.54, 1.807) is 0 Å². The van der Waals surface area contributed by atoms with Crippen molar-refractivity contribution in [3.05, 3.63) is 0 Å². The van der Waals surface area contributed by atoms with Gasteiger partial charge >= 0.3 is 6.09 Å². The predicted octanol–water partition coefficient (Wildman–Crippen LogP) is 3.86. The summed E-state index contributed by atoms with van der Waals surface area (Å²) in [6.45, 7) is 6.36. The lowest BCUT2D eigenvalue weighted by atomic mass is 9.76. The third-order valence-electron chi connectivity index (χ3n) is 3.20. The standard InChI is InChI=1S/C13H24BrNO2/c1-12(2,3)17-11(16)15-10-13(9-14)7-5-4-6-8-13/h4-10H2,1-3H3,(H,15,16). The van der Waals surface area contributed by atoms with E-state index in [0.29, 0.717) is 6.54 Å². The molecule has 1 aliphatic carbocycles.